The summed E-state index contributed by atoms with van der Waals surface area (Å²) in [4.78, 5) is 13.1. The molecule has 14 heavy (non-hydrogen) atoms. The molecule has 0 saturated carbocycles. The molecule has 0 bridgehead atoms. The largest absolute Gasteiger partial charge is 0.463 e. The molecule has 0 unspecified atom stereocenters. The molecule has 1 aromatic carbocycles. The monoisotopic (exact) mass is 209 g/mol. The molecule has 0 spiro atoms. The van der Waals surface area contributed by atoms with E-state index < -0.39 is 0 Å². The van der Waals surface area contributed by atoms with E-state index in [4.69, 9.17) is 16.3 Å². The smallest absolute Gasteiger partial charge is 0.293 e. The summed E-state index contributed by atoms with van der Waals surface area (Å²) in [6, 6.07) is 5.55. The van der Waals surface area contributed by atoms with Gasteiger partial charge in [-0.05, 0) is 18.2 Å². The van der Waals surface area contributed by atoms with E-state index in [2.05, 4.69) is 4.98 Å². The molecule has 0 aliphatic rings. The van der Waals surface area contributed by atoms with Gasteiger partial charge in [-0.1, -0.05) is 11.6 Å². The first-order valence-electron chi connectivity index (χ1n) is 4.12. The average Bonchev–Trinajstić information content (AvgIpc) is 2.61. The second-order valence-corrected chi connectivity index (χ2v) is 3.35. The van der Waals surface area contributed by atoms with Gasteiger partial charge >= 0.3 is 0 Å². The van der Waals surface area contributed by atoms with Crippen LogP contribution in [0.25, 0.3) is 10.9 Å². The number of aromatic nitrogens is 1. The van der Waals surface area contributed by atoms with Crippen LogP contribution in [0, 0.1) is 0 Å². The van der Waals surface area contributed by atoms with Crippen molar-refractivity contribution in [3.63, 3.8) is 0 Å². The predicted molar refractivity (Wildman–Crippen MR) is 54.2 cm³/mol. The number of carbonyl (C=O) groups excluding carboxylic acids is 1. The van der Waals surface area contributed by atoms with Gasteiger partial charge in [0, 0.05) is 27.7 Å². The highest BCUT2D eigenvalue weighted by atomic mass is 35.5. The lowest BCUT2D eigenvalue weighted by atomic mass is 10.1. The van der Waals surface area contributed by atoms with E-state index in [1.54, 1.807) is 6.07 Å². The zero-order valence-corrected chi connectivity index (χ0v) is 8.04. The Morgan fingerprint density at radius 2 is 2.36 bits per heavy atom. The molecule has 4 heteroatoms. The number of aromatic amines is 1. The van der Waals surface area contributed by atoms with Crippen LogP contribution in [-0.2, 0) is 16.1 Å². The molecule has 0 aliphatic carbocycles. The van der Waals surface area contributed by atoms with Crippen LogP contribution in [0.3, 0.4) is 0 Å². The highest BCUT2D eigenvalue weighted by molar-refractivity contribution is 6.31. The van der Waals surface area contributed by atoms with Crippen LogP contribution in [0.5, 0.6) is 0 Å². The van der Waals surface area contributed by atoms with Gasteiger partial charge in [-0.25, -0.2) is 0 Å². The van der Waals surface area contributed by atoms with Crippen LogP contribution >= 0.6 is 11.6 Å². The molecular weight excluding hydrogens is 202 g/mol. The van der Waals surface area contributed by atoms with E-state index in [0.717, 1.165) is 16.5 Å². The van der Waals surface area contributed by atoms with Gasteiger partial charge in [0.25, 0.3) is 6.47 Å². The Morgan fingerprint density at radius 3 is 3.14 bits per heavy atom. The molecule has 0 atom stereocenters. The minimum Gasteiger partial charge on any atom is -0.463 e. The molecule has 0 saturated heterocycles. The Hall–Kier alpha value is -1.48. The number of halogens is 1. The first-order chi connectivity index (χ1) is 6.81. The SMILES string of the molecule is O=COCc1cc(Cl)cc2[nH]ccc12. The summed E-state index contributed by atoms with van der Waals surface area (Å²) in [5, 5.41) is 1.65. The van der Waals surface area contributed by atoms with Crippen molar-refractivity contribution in [2.75, 3.05) is 0 Å². The second kappa shape index (κ2) is 3.72. The number of nitrogens with one attached hydrogen (secondary N) is 1. The normalized spacial score (nSPS) is 10.4. The van der Waals surface area contributed by atoms with E-state index in [9.17, 15) is 4.79 Å². The summed E-state index contributed by atoms with van der Waals surface area (Å²) in [6.45, 7) is 0.678. The fourth-order valence-electron chi connectivity index (χ4n) is 1.45. The zero-order valence-electron chi connectivity index (χ0n) is 7.29. The second-order valence-electron chi connectivity index (χ2n) is 2.91. The lowest BCUT2D eigenvalue weighted by Gasteiger charge is -2.02. The van der Waals surface area contributed by atoms with Gasteiger partial charge in [0.15, 0.2) is 0 Å². The maximum Gasteiger partial charge on any atom is 0.293 e. The van der Waals surface area contributed by atoms with Crippen molar-refractivity contribution < 1.29 is 9.53 Å². The first kappa shape index (κ1) is 9.09. The highest BCUT2D eigenvalue weighted by Crippen LogP contribution is 2.23. The Bertz CT molecular complexity index is 464. The minimum atomic E-state index is 0.248. The number of hydrogen-bond acceptors (Lipinski definition) is 2. The first-order valence-corrected chi connectivity index (χ1v) is 4.50. The van der Waals surface area contributed by atoms with Gasteiger partial charge in [0.1, 0.15) is 6.61 Å². The van der Waals surface area contributed by atoms with Crippen molar-refractivity contribution in [2.45, 2.75) is 6.61 Å². The Labute approximate surface area is 85.6 Å². The number of carbonyl (C=O) groups is 1. The Balaban J connectivity index is 2.49. The van der Waals surface area contributed by atoms with Gasteiger partial charge in [0.05, 0.1) is 0 Å². The lowest BCUT2D eigenvalue weighted by molar-refractivity contribution is -0.129. The molecule has 0 radical (unpaired) electrons. The zero-order chi connectivity index (χ0) is 9.97. The van der Waals surface area contributed by atoms with Crippen LogP contribution in [-0.4, -0.2) is 11.5 Å². The molecule has 1 aromatic heterocycles. The maximum absolute atomic E-state index is 10.1. The molecule has 0 amide bonds. The third-order valence-electron chi connectivity index (χ3n) is 2.03. The maximum atomic E-state index is 10.1. The Morgan fingerprint density at radius 1 is 1.50 bits per heavy atom. The number of rotatable bonds is 3. The van der Waals surface area contributed by atoms with Gasteiger partial charge in [0.2, 0.25) is 0 Å². The van der Waals surface area contributed by atoms with Crippen LogP contribution in [0.1, 0.15) is 5.56 Å². The van der Waals surface area contributed by atoms with Crippen molar-refractivity contribution in [3.05, 3.63) is 35.0 Å². The molecule has 0 fully saturated rings. The predicted octanol–water partition coefficient (Wildman–Crippen LogP) is 2.49. The van der Waals surface area contributed by atoms with Crippen LogP contribution in [0.15, 0.2) is 24.4 Å². The Kier molecular flexibility index (Phi) is 2.41. The molecule has 2 aromatic rings. The van der Waals surface area contributed by atoms with Gasteiger partial charge in [-0.15, -0.1) is 0 Å². The van der Waals surface area contributed by atoms with Crippen LogP contribution in [0.2, 0.25) is 5.02 Å². The summed E-state index contributed by atoms with van der Waals surface area (Å²) >= 11 is 5.90. The van der Waals surface area contributed by atoms with E-state index >= 15 is 0 Å². The highest BCUT2D eigenvalue weighted by Gasteiger charge is 2.04. The van der Waals surface area contributed by atoms with Crippen molar-refractivity contribution >= 4 is 29.0 Å². The number of fused-ring (bicyclic) bond motifs is 1. The fraction of sp³-hybridized carbons (Fsp3) is 0.100. The molecule has 3 nitrogen and oxygen atoms in total. The molecule has 1 heterocycles. The van der Waals surface area contributed by atoms with Crippen molar-refractivity contribution in [1.82, 2.24) is 4.98 Å². The third kappa shape index (κ3) is 1.59. The topological polar surface area (TPSA) is 42.1 Å². The summed E-state index contributed by atoms with van der Waals surface area (Å²) in [6.07, 6.45) is 1.82. The quantitative estimate of drug-likeness (QED) is 0.790. The van der Waals surface area contributed by atoms with Gasteiger partial charge < -0.3 is 9.72 Å². The van der Waals surface area contributed by atoms with E-state index in [1.165, 1.54) is 0 Å². The average molecular weight is 210 g/mol. The summed E-state index contributed by atoms with van der Waals surface area (Å²) in [7, 11) is 0. The van der Waals surface area contributed by atoms with Crippen molar-refractivity contribution in [2.24, 2.45) is 0 Å². The van der Waals surface area contributed by atoms with Crippen LogP contribution in [0.4, 0.5) is 0 Å². The van der Waals surface area contributed by atoms with Crippen LogP contribution < -0.4 is 0 Å². The van der Waals surface area contributed by atoms with Gasteiger partial charge in [-0.2, -0.15) is 0 Å². The molecule has 0 aliphatic heterocycles. The van der Waals surface area contributed by atoms with E-state index in [0.29, 0.717) is 11.5 Å². The number of ether oxygens (including phenoxy) is 1. The van der Waals surface area contributed by atoms with Gasteiger partial charge in [-0.3, -0.25) is 4.79 Å². The standard InChI is InChI=1S/C10H8ClNO2/c11-8-3-7(5-14-6-13)9-1-2-12-10(9)4-8/h1-4,6,12H,5H2. The summed E-state index contributed by atoms with van der Waals surface area (Å²) in [5.41, 5.74) is 1.85. The molecule has 72 valence electrons. The summed E-state index contributed by atoms with van der Waals surface area (Å²) < 4.78 is 4.70. The van der Waals surface area contributed by atoms with E-state index in [1.807, 2.05) is 18.3 Å². The number of H-pyrrole nitrogens is 1. The number of benzene rings is 1. The number of hydrogen-bond donors (Lipinski definition) is 1. The minimum absolute atomic E-state index is 0.248. The fourth-order valence-corrected chi connectivity index (χ4v) is 1.69. The summed E-state index contributed by atoms with van der Waals surface area (Å²) in [5.74, 6) is 0. The molecule has 1 N–H and O–H groups in total. The third-order valence-corrected chi connectivity index (χ3v) is 2.24. The molecular formula is C10H8ClNO2. The lowest BCUT2D eigenvalue weighted by Crippen LogP contribution is -1.90. The van der Waals surface area contributed by atoms with E-state index in [-0.39, 0.29) is 6.61 Å². The van der Waals surface area contributed by atoms with Crippen molar-refractivity contribution in [3.8, 4) is 0 Å². The van der Waals surface area contributed by atoms with Crippen molar-refractivity contribution in [1.29, 1.82) is 0 Å². The molecule has 2 rings (SSSR count).